The summed E-state index contributed by atoms with van der Waals surface area (Å²) in [5, 5.41) is 0. The number of benzene rings is 1. The average Bonchev–Trinajstić information content (AvgIpc) is 2.91. The molecule has 3 heteroatoms. The molecular formula is C14H17BrFN. The van der Waals surface area contributed by atoms with Crippen molar-refractivity contribution in [1.82, 2.24) is 0 Å². The monoisotopic (exact) mass is 297 g/mol. The van der Waals surface area contributed by atoms with Gasteiger partial charge in [-0.3, -0.25) is 0 Å². The lowest BCUT2D eigenvalue weighted by atomic mass is 9.90. The van der Waals surface area contributed by atoms with E-state index in [4.69, 9.17) is 5.73 Å². The highest BCUT2D eigenvalue weighted by Gasteiger charge is 2.47. The third kappa shape index (κ3) is 2.41. The minimum Gasteiger partial charge on any atom is -0.327 e. The zero-order valence-corrected chi connectivity index (χ0v) is 11.3. The second-order valence-corrected chi connectivity index (χ2v) is 6.51. The van der Waals surface area contributed by atoms with Gasteiger partial charge in [-0.25, -0.2) is 4.39 Å². The Morgan fingerprint density at radius 2 is 2.00 bits per heavy atom. The average molecular weight is 298 g/mol. The van der Waals surface area contributed by atoms with E-state index in [1.54, 1.807) is 6.07 Å². The van der Waals surface area contributed by atoms with Crippen LogP contribution in [0.25, 0.3) is 0 Å². The quantitative estimate of drug-likeness (QED) is 0.908. The van der Waals surface area contributed by atoms with Crippen molar-refractivity contribution in [2.45, 2.75) is 31.7 Å². The Hall–Kier alpha value is -0.410. The minimum absolute atomic E-state index is 0.117. The van der Waals surface area contributed by atoms with Crippen LogP contribution in [0.1, 0.15) is 24.8 Å². The Morgan fingerprint density at radius 3 is 2.71 bits per heavy atom. The summed E-state index contributed by atoms with van der Waals surface area (Å²) in [7, 11) is 0. The van der Waals surface area contributed by atoms with Gasteiger partial charge in [0.2, 0.25) is 0 Å². The van der Waals surface area contributed by atoms with Crippen LogP contribution in [-0.2, 0) is 6.42 Å². The van der Waals surface area contributed by atoms with E-state index in [1.165, 1.54) is 25.3 Å². The molecule has 0 aromatic heterocycles. The van der Waals surface area contributed by atoms with E-state index in [0.29, 0.717) is 12.3 Å². The molecule has 3 unspecified atom stereocenters. The molecular weight excluding hydrogens is 281 g/mol. The van der Waals surface area contributed by atoms with Crippen LogP contribution >= 0.6 is 15.9 Å². The van der Waals surface area contributed by atoms with E-state index in [0.717, 1.165) is 21.9 Å². The van der Waals surface area contributed by atoms with E-state index in [-0.39, 0.29) is 11.9 Å². The summed E-state index contributed by atoms with van der Waals surface area (Å²) in [4.78, 5) is 0. The van der Waals surface area contributed by atoms with Gasteiger partial charge >= 0.3 is 0 Å². The summed E-state index contributed by atoms with van der Waals surface area (Å²) in [6.07, 6.45) is 4.60. The molecule has 0 amide bonds. The van der Waals surface area contributed by atoms with E-state index in [9.17, 15) is 4.39 Å². The van der Waals surface area contributed by atoms with Crippen molar-refractivity contribution < 1.29 is 4.39 Å². The normalized spacial score (nSPS) is 32.3. The highest BCUT2D eigenvalue weighted by atomic mass is 79.9. The van der Waals surface area contributed by atoms with Crippen molar-refractivity contribution in [3.8, 4) is 0 Å². The predicted molar refractivity (Wildman–Crippen MR) is 70.1 cm³/mol. The molecule has 1 aromatic carbocycles. The van der Waals surface area contributed by atoms with Gasteiger partial charge in [-0.05, 0) is 67.2 Å². The molecule has 0 saturated heterocycles. The van der Waals surface area contributed by atoms with E-state index < -0.39 is 0 Å². The van der Waals surface area contributed by atoms with Crippen molar-refractivity contribution in [3.05, 3.63) is 34.1 Å². The number of hydrogen-bond acceptors (Lipinski definition) is 1. The van der Waals surface area contributed by atoms with Crippen LogP contribution in [0.15, 0.2) is 22.7 Å². The van der Waals surface area contributed by atoms with Gasteiger partial charge in [-0.2, -0.15) is 0 Å². The summed E-state index contributed by atoms with van der Waals surface area (Å²) in [5.41, 5.74) is 6.97. The molecule has 2 fully saturated rings. The fraction of sp³-hybridized carbons (Fsp3) is 0.571. The van der Waals surface area contributed by atoms with Crippen LogP contribution < -0.4 is 5.73 Å². The van der Waals surface area contributed by atoms with Crippen LogP contribution in [0, 0.1) is 23.6 Å². The first-order valence-corrected chi connectivity index (χ1v) is 7.12. The molecule has 1 nitrogen and oxygen atoms in total. The van der Waals surface area contributed by atoms with Gasteiger partial charge in [-0.15, -0.1) is 0 Å². The Kier molecular flexibility index (Phi) is 2.99. The lowest BCUT2D eigenvalue weighted by Crippen LogP contribution is -2.31. The first kappa shape index (κ1) is 11.7. The van der Waals surface area contributed by atoms with Gasteiger partial charge in [0.15, 0.2) is 0 Å². The van der Waals surface area contributed by atoms with E-state index in [1.807, 2.05) is 6.07 Å². The Labute approximate surface area is 110 Å². The second-order valence-electron chi connectivity index (χ2n) is 5.59. The summed E-state index contributed by atoms with van der Waals surface area (Å²) in [5.74, 6) is 2.36. The molecule has 0 bridgehead atoms. The van der Waals surface area contributed by atoms with Crippen molar-refractivity contribution in [1.29, 1.82) is 0 Å². The molecule has 0 radical (unpaired) electrons. The lowest BCUT2D eigenvalue weighted by Gasteiger charge is -2.21. The smallest absolute Gasteiger partial charge is 0.126 e. The maximum Gasteiger partial charge on any atom is 0.126 e. The Bertz CT molecular complexity index is 424. The standard InChI is InChI=1S/C14H17BrFN/c15-12-1-2-13(16)10(6-12)7-14(17)11-4-8-3-9(8)5-11/h1-2,6,8-9,11,14H,3-5,7,17H2. The largest absolute Gasteiger partial charge is 0.327 e. The summed E-state index contributed by atoms with van der Waals surface area (Å²) in [6, 6.07) is 5.21. The third-order valence-corrected chi connectivity index (χ3v) is 4.84. The molecule has 3 rings (SSSR count). The molecule has 0 heterocycles. The van der Waals surface area contributed by atoms with Crippen molar-refractivity contribution >= 4 is 15.9 Å². The number of halogens is 2. The van der Waals surface area contributed by atoms with Crippen LogP contribution in [0.5, 0.6) is 0 Å². The maximum atomic E-state index is 13.6. The van der Waals surface area contributed by atoms with Crippen LogP contribution in [0.3, 0.4) is 0 Å². The van der Waals surface area contributed by atoms with Gasteiger partial charge in [0.1, 0.15) is 5.82 Å². The summed E-state index contributed by atoms with van der Waals surface area (Å²) < 4.78 is 14.6. The van der Waals surface area contributed by atoms with E-state index >= 15 is 0 Å². The fourth-order valence-corrected chi connectivity index (χ4v) is 3.64. The van der Waals surface area contributed by atoms with Gasteiger partial charge in [-0.1, -0.05) is 15.9 Å². The van der Waals surface area contributed by atoms with E-state index in [2.05, 4.69) is 15.9 Å². The molecule has 3 atom stereocenters. The van der Waals surface area contributed by atoms with Crippen LogP contribution in [-0.4, -0.2) is 6.04 Å². The molecule has 2 N–H and O–H groups in total. The first-order valence-electron chi connectivity index (χ1n) is 6.33. The highest BCUT2D eigenvalue weighted by Crippen LogP contribution is 2.55. The maximum absolute atomic E-state index is 13.6. The topological polar surface area (TPSA) is 26.0 Å². The molecule has 0 aliphatic heterocycles. The lowest BCUT2D eigenvalue weighted by molar-refractivity contribution is 0.389. The predicted octanol–water partition coefficient (Wildman–Crippen LogP) is 3.50. The van der Waals surface area contributed by atoms with Crippen molar-refractivity contribution in [3.63, 3.8) is 0 Å². The molecule has 2 saturated carbocycles. The zero-order valence-electron chi connectivity index (χ0n) is 9.70. The number of nitrogens with two attached hydrogens (primary N) is 1. The van der Waals surface area contributed by atoms with Crippen LogP contribution in [0.4, 0.5) is 4.39 Å². The zero-order chi connectivity index (χ0) is 12.0. The third-order valence-electron chi connectivity index (χ3n) is 4.35. The molecule has 2 aliphatic carbocycles. The Morgan fingerprint density at radius 1 is 1.29 bits per heavy atom. The first-order chi connectivity index (χ1) is 8.13. The van der Waals surface area contributed by atoms with Gasteiger partial charge in [0.25, 0.3) is 0 Å². The fourth-order valence-electron chi connectivity index (χ4n) is 3.23. The molecule has 1 aromatic rings. The SMILES string of the molecule is NC(Cc1cc(Br)ccc1F)C1CC2CC2C1. The number of fused-ring (bicyclic) bond motifs is 1. The second kappa shape index (κ2) is 4.36. The molecule has 17 heavy (non-hydrogen) atoms. The summed E-state index contributed by atoms with van der Waals surface area (Å²) in [6.45, 7) is 0. The minimum atomic E-state index is -0.133. The number of rotatable bonds is 3. The highest BCUT2D eigenvalue weighted by molar-refractivity contribution is 9.10. The van der Waals surface area contributed by atoms with Gasteiger partial charge in [0.05, 0.1) is 0 Å². The van der Waals surface area contributed by atoms with Gasteiger partial charge < -0.3 is 5.73 Å². The molecule has 2 aliphatic rings. The number of hydrogen-bond donors (Lipinski definition) is 1. The molecule has 92 valence electrons. The molecule has 0 spiro atoms. The Balaban J connectivity index is 1.67. The van der Waals surface area contributed by atoms with Crippen molar-refractivity contribution in [2.75, 3.05) is 0 Å². The summed E-state index contributed by atoms with van der Waals surface area (Å²) >= 11 is 3.38. The van der Waals surface area contributed by atoms with Crippen molar-refractivity contribution in [2.24, 2.45) is 23.5 Å². The van der Waals surface area contributed by atoms with Gasteiger partial charge in [0, 0.05) is 10.5 Å². The van der Waals surface area contributed by atoms with Crippen LogP contribution in [0.2, 0.25) is 0 Å².